The summed E-state index contributed by atoms with van der Waals surface area (Å²) in [5, 5.41) is 0. The van der Waals surface area contributed by atoms with Crippen LogP contribution in [-0.4, -0.2) is 4.98 Å². The molecule has 0 amide bonds. The third-order valence-corrected chi connectivity index (χ3v) is 2.44. The first kappa shape index (κ1) is 15.5. The minimum Gasteiger partial charge on any atom is -0.367 e. The van der Waals surface area contributed by atoms with E-state index in [1.807, 2.05) is 40.1 Å². The third-order valence-electron chi connectivity index (χ3n) is 2.44. The van der Waals surface area contributed by atoms with Crippen molar-refractivity contribution >= 4 is 0 Å². The van der Waals surface area contributed by atoms with Crippen molar-refractivity contribution in [2.24, 2.45) is 0 Å². The van der Waals surface area contributed by atoms with Crippen LogP contribution in [0.4, 0.5) is 0 Å². The van der Waals surface area contributed by atoms with Crippen molar-refractivity contribution in [3.05, 3.63) is 47.8 Å². The molecule has 0 aliphatic heterocycles. The van der Waals surface area contributed by atoms with Gasteiger partial charge in [-0.05, 0) is 42.2 Å². The number of nitrogens with one attached hydrogen (secondary N) is 1. The van der Waals surface area contributed by atoms with Crippen LogP contribution in [0.2, 0.25) is 0 Å². The van der Waals surface area contributed by atoms with Crippen molar-refractivity contribution in [2.45, 2.75) is 41.5 Å². The molecule has 0 aliphatic carbocycles. The molecule has 0 saturated carbocycles. The lowest BCUT2D eigenvalue weighted by Crippen LogP contribution is -1.81. The summed E-state index contributed by atoms with van der Waals surface area (Å²) in [7, 11) is 0. The number of aromatic amines is 1. The van der Waals surface area contributed by atoms with Gasteiger partial charge in [0, 0.05) is 12.4 Å². The number of rotatable bonds is 1. The average Bonchev–Trinajstić information content (AvgIpc) is 2.91. The van der Waals surface area contributed by atoms with E-state index in [1.54, 1.807) is 0 Å². The van der Waals surface area contributed by atoms with Crippen LogP contribution in [0.5, 0.6) is 0 Å². The first-order valence-corrected chi connectivity index (χ1v) is 6.48. The van der Waals surface area contributed by atoms with Crippen LogP contribution in [0.3, 0.4) is 0 Å². The number of hydrogen-bond donors (Lipinski definition) is 1. The number of aromatic nitrogens is 1. The van der Waals surface area contributed by atoms with E-state index in [1.165, 1.54) is 22.3 Å². The Morgan fingerprint density at radius 2 is 1.41 bits per heavy atom. The Morgan fingerprint density at radius 1 is 0.765 bits per heavy atom. The summed E-state index contributed by atoms with van der Waals surface area (Å²) in [6.07, 6.45) is 3.97. The van der Waals surface area contributed by atoms with Gasteiger partial charge in [0.15, 0.2) is 0 Å². The molecule has 0 atom stereocenters. The van der Waals surface area contributed by atoms with Crippen LogP contribution in [-0.2, 0) is 0 Å². The molecule has 1 nitrogen and oxygen atoms in total. The van der Waals surface area contributed by atoms with Crippen molar-refractivity contribution in [1.29, 1.82) is 0 Å². The maximum Gasteiger partial charge on any atom is 0.00841 e. The van der Waals surface area contributed by atoms with Gasteiger partial charge in [-0.2, -0.15) is 0 Å². The van der Waals surface area contributed by atoms with Gasteiger partial charge >= 0.3 is 0 Å². The van der Waals surface area contributed by atoms with Crippen LogP contribution < -0.4 is 0 Å². The van der Waals surface area contributed by atoms with Gasteiger partial charge in [-0.1, -0.05) is 45.9 Å². The highest BCUT2D eigenvalue weighted by Crippen LogP contribution is 2.21. The first-order valence-electron chi connectivity index (χ1n) is 6.48. The fraction of sp³-hybridized carbons (Fsp3) is 0.375. The Hall–Kier alpha value is -1.50. The maximum atomic E-state index is 3.06. The molecular weight excluding hydrogens is 206 g/mol. The minimum atomic E-state index is 1.25. The third kappa shape index (κ3) is 4.48. The molecule has 1 aromatic heterocycles. The fourth-order valence-electron chi connectivity index (χ4n) is 1.42. The van der Waals surface area contributed by atoms with Crippen LogP contribution in [0.1, 0.15) is 38.8 Å². The normalized spacial score (nSPS) is 8.59. The van der Waals surface area contributed by atoms with Gasteiger partial charge in [0.05, 0.1) is 0 Å². The van der Waals surface area contributed by atoms with Crippen molar-refractivity contribution in [3.8, 4) is 11.1 Å². The van der Waals surface area contributed by atoms with Gasteiger partial charge in [-0.3, -0.25) is 0 Å². The summed E-state index contributed by atoms with van der Waals surface area (Å²) < 4.78 is 0. The highest BCUT2D eigenvalue weighted by molar-refractivity contribution is 5.63. The molecular formula is C16H25N. The molecule has 0 fully saturated rings. The number of hydrogen-bond acceptors (Lipinski definition) is 0. The molecule has 0 aliphatic rings. The lowest BCUT2D eigenvalue weighted by molar-refractivity contribution is 1.34. The van der Waals surface area contributed by atoms with Crippen LogP contribution in [0.25, 0.3) is 11.1 Å². The van der Waals surface area contributed by atoms with Crippen molar-refractivity contribution in [2.75, 3.05) is 0 Å². The van der Waals surface area contributed by atoms with E-state index in [2.05, 4.69) is 43.1 Å². The summed E-state index contributed by atoms with van der Waals surface area (Å²) in [4.78, 5) is 3.06. The molecule has 0 spiro atoms. The molecule has 17 heavy (non-hydrogen) atoms. The minimum absolute atomic E-state index is 1.25. The van der Waals surface area contributed by atoms with Crippen molar-refractivity contribution in [1.82, 2.24) is 4.98 Å². The second-order valence-electron chi connectivity index (χ2n) is 3.40. The summed E-state index contributed by atoms with van der Waals surface area (Å²) in [5.74, 6) is 0. The van der Waals surface area contributed by atoms with Gasteiger partial charge in [0.25, 0.3) is 0 Å². The van der Waals surface area contributed by atoms with E-state index in [0.717, 1.165) is 0 Å². The summed E-state index contributed by atoms with van der Waals surface area (Å²) in [5.41, 5.74) is 5.23. The summed E-state index contributed by atoms with van der Waals surface area (Å²) in [6.45, 7) is 12.3. The van der Waals surface area contributed by atoms with Crippen LogP contribution >= 0.6 is 0 Å². The maximum absolute atomic E-state index is 3.06. The summed E-state index contributed by atoms with van der Waals surface area (Å²) >= 11 is 0. The zero-order chi connectivity index (χ0) is 13.3. The molecule has 0 unspecified atom stereocenters. The monoisotopic (exact) mass is 231 g/mol. The Balaban J connectivity index is 0.000000581. The van der Waals surface area contributed by atoms with Crippen LogP contribution in [0.15, 0.2) is 36.7 Å². The van der Waals surface area contributed by atoms with Crippen molar-refractivity contribution < 1.29 is 0 Å². The van der Waals surface area contributed by atoms with E-state index in [4.69, 9.17) is 0 Å². The topological polar surface area (TPSA) is 15.8 Å². The van der Waals surface area contributed by atoms with Crippen LogP contribution in [0, 0.1) is 13.8 Å². The van der Waals surface area contributed by atoms with Crippen molar-refractivity contribution in [3.63, 3.8) is 0 Å². The predicted octanol–water partition coefficient (Wildman–Crippen LogP) is 5.35. The lowest BCUT2D eigenvalue weighted by atomic mass is 10.0. The number of benzene rings is 1. The smallest absolute Gasteiger partial charge is 0.00841 e. The molecule has 2 aromatic rings. The molecule has 94 valence electrons. The Labute approximate surface area is 106 Å². The molecule has 2 rings (SSSR count). The quantitative estimate of drug-likeness (QED) is 0.681. The van der Waals surface area contributed by atoms with E-state index < -0.39 is 0 Å². The van der Waals surface area contributed by atoms with Gasteiger partial charge in [-0.15, -0.1) is 0 Å². The lowest BCUT2D eigenvalue weighted by Gasteiger charge is -2.02. The molecule has 0 saturated heterocycles. The number of H-pyrrole nitrogens is 1. The van der Waals surface area contributed by atoms with E-state index in [9.17, 15) is 0 Å². The first-order chi connectivity index (χ1) is 8.27. The van der Waals surface area contributed by atoms with Gasteiger partial charge in [-0.25, -0.2) is 0 Å². The number of aryl methyl sites for hydroxylation is 2. The Morgan fingerprint density at radius 3 is 1.88 bits per heavy atom. The van der Waals surface area contributed by atoms with Gasteiger partial charge in [0.2, 0.25) is 0 Å². The molecule has 0 bridgehead atoms. The molecule has 1 aromatic carbocycles. The molecule has 1 N–H and O–H groups in total. The predicted molar refractivity (Wildman–Crippen MR) is 78.4 cm³/mol. The zero-order valence-corrected chi connectivity index (χ0v) is 12.0. The SMILES string of the molecule is CC.CC.Cc1ccc(-c2cc[nH]c2)cc1C. The highest BCUT2D eigenvalue weighted by atomic mass is 14.6. The highest BCUT2D eigenvalue weighted by Gasteiger charge is 1.98. The molecule has 1 heteroatoms. The second kappa shape index (κ2) is 8.63. The van der Waals surface area contributed by atoms with E-state index in [0.29, 0.717) is 0 Å². The van der Waals surface area contributed by atoms with Gasteiger partial charge in [0.1, 0.15) is 0 Å². The van der Waals surface area contributed by atoms with E-state index >= 15 is 0 Å². The van der Waals surface area contributed by atoms with E-state index in [-0.39, 0.29) is 0 Å². The Bertz CT molecular complexity index is 399. The second-order valence-corrected chi connectivity index (χ2v) is 3.40. The fourth-order valence-corrected chi connectivity index (χ4v) is 1.42. The molecule has 0 radical (unpaired) electrons. The molecule has 1 heterocycles. The standard InChI is InChI=1S/C12H13N.2C2H6/c1-9-3-4-11(7-10(9)2)12-5-6-13-8-12;2*1-2/h3-8,13H,1-2H3;2*1-2H3. The largest absolute Gasteiger partial charge is 0.367 e. The zero-order valence-electron chi connectivity index (χ0n) is 12.0. The average molecular weight is 231 g/mol. The Kier molecular flexibility index (Phi) is 7.87. The van der Waals surface area contributed by atoms with Gasteiger partial charge < -0.3 is 4.98 Å². The summed E-state index contributed by atoms with van der Waals surface area (Å²) in [6, 6.07) is 8.63.